The van der Waals surface area contributed by atoms with Crippen molar-refractivity contribution < 1.29 is 4.74 Å². The van der Waals surface area contributed by atoms with Crippen LogP contribution in [0.5, 0.6) is 6.01 Å². The Hall–Kier alpha value is -2.37. The van der Waals surface area contributed by atoms with Crippen molar-refractivity contribution in [2.75, 3.05) is 24.3 Å². The molecule has 106 valence electrons. The van der Waals surface area contributed by atoms with E-state index in [0.29, 0.717) is 24.5 Å². The van der Waals surface area contributed by atoms with Crippen LogP contribution >= 0.6 is 0 Å². The van der Waals surface area contributed by atoms with Crippen molar-refractivity contribution in [1.82, 2.24) is 15.0 Å². The van der Waals surface area contributed by atoms with Crippen molar-refractivity contribution in [3.63, 3.8) is 0 Å². The lowest BCUT2D eigenvalue weighted by molar-refractivity contribution is 0.312. The van der Waals surface area contributed by atoms with Crippen LogP contribution in [0.2, 0.25) is 0 Å². The van der Waals surface area contributed by atoms with Crippen LogP contribution < -0.4 is 15.4 Å². The summed E-state index contributed by atoms with van der Waals surface area (Å²) in [7, 11) is 1.75. The molecule has 0 amide bonds. The number of nitrogens with zero attached hydrogens (tertiary/aromatic N) is 3. The van der Waals surface area contributed by atoms with Crippen LogP contribution in [0.3, 0.4) is 0 Å². The molecule has 0 atom stereocenters. The van der Waals surface area contributed by atoms with Crippen molar-refractivity contribution in [3.8, 4) is 6.01 Å². The normalized spacial score (nSPS) is 10.2. The first-order chi connectivity index (χ1) is 9.75. The van der Waals surface area contributed by atoms with E-state index in [1.165, 1.54) is 5.56 Å². The summed E-state index contributed by atoms with van der Waals surface area (Å²) in [4.78, 5) is 12.6. The highest BCUT2D eigenvalue weighted by molar-refractivity contribution is 5.54. The molecular formula is C14H19N5O. The van der Waals surface area contributed by atoms with Gasteiger partial charge in [-0.2, -0.15) is 15.0 Å². The second kappa shape index (κ2) is 6.70. The van der Waals surface area contributed by atoms with Gasteiger partial charge >= 0.3 is 6.01 Å². The fourth-order valence-electron chi connectivity index (χ4n) is 1.67. The topological polar surface area (TPSA) is 72.0 Å². The highest BCUT2D eigenvalue weighted by Crippen LogP contribution is 2.17. The van der Waals surface area contributed by atoms with Crippen LogP contribution in [0.25, 0.3) is 0 Å². The lowest BCUT2D eigenvalue weighted by atomic mass is 10.1. The molecule has 2 aromatic rings. The van der Waals surface area contributed by atoms with Gasteiger partial charge in [0.1, 0.15) is 0 Å². The first-order valence-electron chi connectivity index (χ1n) is 6.67. The molecule has 20 heavy (non-hydrogen) atoms. The summed E-state index contributed by atoms with van der Waals surface area (Å²) in [6.07, 6.45) is 1.02. The summed E-state index contributed by atoms with van der Waals surface area (Å²) in [6, 6.07) is 8.46. The smallest absolute Gasteiger partial charge is 0.323 e. The molecule has 1 heterocycles. The molecule has 0 unspecified atom stereocenters. The summed E-state index contributed by atoms with van der Waals surface area (Å²) in [5.41, 5.74) is 2.22. The van der Waals surface area contributed by atoms with Crippen molar-refractivity contribution in [2.24, 2.45) is 0 Å². The predicted molar refractivity (Wildman–Crippen MR) is 79.6 cm³/mol. The molecule has 0 aliphatic carbocycles. The molecule has 0 aliphatic rings. The molecular weight excluding hydrogens is 254 g/mol. The molecule has 1 aromatic heterocycles. The van der Waals surface area contributed by atoms with Gasteiger partial charge in [-0.15, -0.1) is 0 Å². The third-order valence-corrected chi connectivity index (χ3v) is 2.73. The van der Waals surface area contributed by atoms with Crippen molar-refractivity contribution >= 4 is 17.6 Å². The first-order valence-corrected chi connectivity index (χ1v) is 6.67. The number of benzene rings is 1. The Balaban J connectivity index is 2.20. The number of nitrogens with one attached hydrogen (secondary N) is 2. The molecule has 0 aliphatic heterocycles. The molecule has 0 saturated carbocycles. The third kappa shape index (κ3) is 3.57. The van der Waals surface area contributed by atoms with Gasteiger partial charge in [-0.05, 0) is 31.0 Å². The van der Waals surface area contributed by atoms with Gasteiger partial charge in [-0.25, -0.2) is 0 Å². The van der Waals surface area contributed by atoms with Gasteiger partial charge in [0.15, 0.2) is 0 Å². The van der Waals surface area contributed by atoms with E-state index in [4.69, 9.17) is 4.74 Å². The SMILES string of the molecule is CCOc1nc(NC)nc(Nc2ccc(CC)cc2)n1. The zero-order valence-electron chi connectivity index (χ0n) is 12.0. The summed E-state index contributed by atoms with van der Waals surface area (Å²) in [5, 5.41) is 6.03. The largest absolute Gasteiger partial charge is 0.464 e. The highest BCUT2D eigenvalue weighted by Gasteiger charge is 2.06. The Morgan fingerprint density at radius 2 is 1.70 bits per heavy atom. The van der Waals surface area contributed by atoms with Crippen LogP contribution in [0.1, 0.15) is 19.4 Å². The monoisotopic (exact) mass is 273 g/mol. The van der Waals surface area contributed by atoms with Crippen LogP contribution in [0.4, 0.5) is 17.6 Å². The van der Waals surface area contributed by atoms with Gasteiger partial charge in [-0.1, -0.05) is 19.1 Å². The van der Waals surface area contributed by atoms with Gasteiger partial charge in [-0.3, -0.25) is 0 Å². The standard InChI is InChI=1S/C14H19N5O/c1-4-10-6-8-11(9-7-10)16-13-17-12(15-3)18-14(19-13)20-5-2/h6-9H,4-5H2,1-3H3,(H2,15,16,17,18,19). The number of hydrogen-bond donors (Lipinski definition) is 2. The van der Waals surface area contributed by atoms with Crippen molar-refractivity contribution in [3.05, 3.63) is 29.8 Å². The maximum atomic E-state index is 5.32. The summed E-state index contributed by atoms with van der Waals surface area (Å²) in [5.74, 6) is 0.924. The fraction of sp³-hybridized carbons (Fsp3) is 0.357. The second-order valence-electron chi connectivity index (χ2n) is 4.12. The fourth-order valence-corrected chi connectivity index (χ4v) is 1.67. The maximum absolute atomic E-state index is 5.32. The summed E-state index contributed by atoms with van der Waals surface area (Å²) >= 11 is 0. The molecule has 6 nitrogen and oxygen atoms in total. The first kappa shape index (κ1) is 14.0. The van der Waals surface area contributed by atoms with Crippen molar-refractivity contribution in [1.29, 1.82) is 0 Å². The maximum Gasteiger partial charge on any atom is 0.323 e. The lowest BCUT2D eigenvalue weighted by Crippen LogP contribution is -2.07. The van der Waals surface area contributed by atoms with E-state index in [1.54, 1.807) is 7.05 Å². The van der Waals surface area contributed by atoms with Crippen LogP contribution in [0, 0.1) is 0 Å². The third-order valence-electron chi connectivity index (χ3n) is 2.73. The predicted octanol–water partition coefficient (Wildman–Crippen LogP) is 2.62. The number of aromatic nitrogens is 3. The molecule has 0 saturated heterocycles. The Morgan fingerprint density at radius 3 is 2.30 bits per heavy atom. The number of rotatable bonds is 6. The average molecular weight is 273 g/mol. The zero-order chi connectivity index (χ0) is 14.4. The van der Waals surface area contributed by atoms with E-state index in [9.17, 15) is 0 Å². The molecule has 2 rings (SSSR count). The van der Waals surface area contributed by atoms with Gasteiger partial charge < -0.3 is 15.4 Å². The molecule has 2 N–H and O–H groups in total. The zero-order valence-corrected chi connectivity index (χ0v) is 12.0. The van der Waals surface area contributed by atoms with Crippen LogP contribution in [-0.2, 0) is 6.42 Å². The van der Waals surface area contributed by atoms with Crippen molar-refractivity contribution in [2.45, 2.75) is 20.3 Å². The molecule has 6 heteroatoms. The Bertz CT molecular complexity index is 556. The minimum absolute atomic E-state index is 0.305. The quantitative estimate of drug-likeness (QED) is 0.843. The van der Waals surface area contributed by atoms with E-state index in [1.807, 2.05) is 19.1 Å². The Labute approximate surface area is 118 Å². The van der Waals surface area contributed by atoms with Gasteiger partial charge in [0, 0.05) is 12.7 Å². The highest BCUT2D eigenvalue weighted by atomic mass is 16.5. The van der Waals surface area contributed by atoms with E-state index < -0.39 is 0 Å². The second-order valence-corrected chi connectivity index (χ2v) is 4.12. The van der Waals surface area contributed by atoms with E-state index >= 15 is 0 Å². The van der Waals surface area contributed by atoms with Crippen LogP contribution in [-0.4, -0.2) is 28.6 Å². The minimum atomic E-state index is 0.305. The average Bonchev–Trinajstić information content (AvgIpc) is 2.48. The number of ether oxygens (including phenoxy) is 1. The van der Waals surface area contributed by atoms with E-state index in [-0.39, 0.29) is 0 Å². The van der Waals surface area contributed by atoms with Crippen LogP contribution in [0.15, 0.2) is 24.3 Å². The Morgan fingerprint density at radius 1 is 1.00 bits per heavy atom. The summed E-state index contributed by atoms with van der Waals surface area (Å²) < 4.78 is 5.32. The Kier molecular flexibility index (Phi) is 4.70. The molecule has 0 radical (unpaired) electrons. The number of aryl methyl sites for hydroxylation is 1. The van der Waals surface area contributed by atoms with Gasteiger partial charge in [0.05, 0.1) is 6.61 Å². The number of anilines is 3. The van der Waals surface area contributed by atoms with E-state index in [2.05, 4.69) is 44.6 Å². The molecule has 0 fully saturated rings. The lowest BCUT2D eigenvalue weighted by Gasteiger charge is -2.09. The van der Waals surface area contributed by atoms with Gasteiger partial charge in [0.25, 0.3) is 0 Å². The molecule has 0 spiro atoms. The minimum Gasteiger partial charge on any atom is -0.464 e. The molecule has 1 aromatic carbocycles. The van der Waals surface area contributed by atoms with E-state index in [0.717, 1.165) is 12.1 Å². The number of hydrogen-bond acceptors (Lipinski definition) is 6. The summed E-state index contributed by atoms with van der Waals surface area (Å²) in [6.45, 7) is 4.53. The molecule has 0 bridgehead atoms. The van der Waals surface area contributed by atoms with Gasteiger partial charge in [0.2, 0.25) is 11.9 Å².